The van der Waals surface area contributed by atoms with Gasteiger partial charge >= 0.3 is 0 Å². The van der Waals surface area contributed by atoms with Gasteiger partial charge in [0.25, 0.3) is 5.91 Å². The van der Waals surface area contributed by atoms with Crippen molar-refractivity contribution in [1.29, 1.82) is 0 Å². The first-order valence-corrected chi connectivity index (χ1v) is 6.95. The molecule has 21 heavy (non-hydrogen) atoms. The molecule has 3 N–H and O–H groups in total. The Kier molecular flexibility index (Phi) is 3.39. The van der Waals surface area contributed by atoms with Gasteiger partial charge in [0.2, 0.25) is 0 Å². The minimum Gasteiger partial charge on any atom is -0.399 e. The number of fused-ring (bicyclic) bond motifs is 1. The molecule has 2 aromatic carbocycles. The van der Waals surface area contributed by atoms with Crippen molar-refractivity contribution in [2.75, 3.05) is 12.3 Å². The minimum atomic E-state index is -0.242. The van der Waals surface area contributed by atoms with Crippen molar-refractivity contribution < 1.29 is 9.59 Å². The molecule has 1 heterocycles. The first-order chi connectivity index (χ1) is 10.1. The summed E-state index contributed by atoms with van der Waals surface area (Å²) < 4.78 is 0. The van der Waals surface area contributed by atoms with Crippen LogP contribution >= 0.6 is 11.6 Å². The topological polar surface area (TPSA) is 72.2 Å². The number of nitrogens with one attached hydrogen (secondary N) is 1. The Hall–Kier alpha value is -2.33. The third kappa shape index (κ3) is 2.50. The number of nitrogens with two attached hydrogens (primary N) is 1. The van der Waals surface area contributed by atoms with Gasteiger partial charge in [-0.2, -0.15) is 0 Å². The third-order valence-corrected chi connectivity index (χ3v) is 3.86. The number of carbonyl (C=O) groups excluding carboxylic acids is 2. The number of hydrogen-bond donors (Lipinski definition) is 2. The van der Waals surface area contributed by atoms with Gasteiger partial charge in [-0.15, -0.1) is 0 Å². The second-order valence-electron chi connectivity index (χ2n) is 4.95. The maximum atomic E-state index is 12.5. The molecular formula is C16H13ClN2O2. The summed E-state index contributed by atoms with van der Waals surface area (Å²) in [6, 6.07) is 9.94. The Bertz CT molecular complexity index is 756. The summed E-state index contributed by atoms with van der Waals surface area (Å²) in [7, 11) is 0. The van der Waals surface area contributed by atoms with Crippen LogP contribution in [0.5, 0.6) is 0 Å². The fraction of sp³-hybridized carbons (Fsp3) is 0.125. The highest BCUT2D eigenvalue weighted by Crippen LogP contribution is 2.24. The van der Waals surface area contributed by atoms with E-state index < -0.39 is 0 Å². The van der Waals surface area contributed by atoms with Crippen LogP contribution in [0, 0.1) is 0 Å². The van der Waals surface area contributed by atoms with Crippen molar-refractivity contribution in [3.8, 4) is 0 Å². The van der Waals surface area contributed by atoms with E-state index in [4.69, 9.17) is 17.3 Å². The van der Waals surface area contributed by atoms with Crippen molar-refractivity contribution >= 4 is 29.0 Å². The van der Waals surface area contributed by atoms with Crippen LogP contribution < -0.4 is 11.1 Å². The van der Waals surface area contributed by atoms with Crippen LogP contribution in [0.1, 0.15) is 31.8 Å². The van der Waals surface area contributed by atoms with Gasteiger partial charge in [-0.3, -0.25) is 9.59 Å². The predicted molar refractivity (Wildman–Crippen MR) is 81.8 cm³/mol. The lowest BCUT2D eigenvalue weighted by molar-refractivity contribution is 0.0946. The standard InChI is InChI=1S/C16H13ClN2O2/c17-14-4-3-11(18)8-13(14)15(20)10-2-1-9-5-6-19-16(21)12(9)7-10/h1-4,7-8H,5-6,18H2,(H,19,21). The van der Waals surface area contributed by atoms with Crippen molar-refractivity contribution in [2.45, 2.75) is 6.42 Å². The number of amides is 1. The van der Waals surface area contributed by atoms with Crippen molar-refractivity contribution in [3.63, 3.8) is 0 Å². The lowest BCUT2D eigenvalue weighted by atomic mass is 9.94. The molecule has 1 aliphatic rings. The highest BCUT2D eigenvalue weighted by atomic mass is 35.5. The second kappa shape index (κ2) is 5.22. The van der Waals surface area contributed by atoms with E-state index >= 15 is 0 Å². The zero-order valence-corrected chi connectivity index (χ0v) is 11.9. The molecule has 5 heteroatoms. The van der Waals surface area contributed by atoms with E-state index in [1.807, 2.05) is 6.07 Å². The van der Waals surface area contributed by atoms with Crippen LogP contribution in [0.4, 0.5) is 5.69 Å². The SMILES string of the molecule is Nc1ccc(Cl)c(C(=O)c2ccc3c(c2)C(=O)NCC3)c1. The quantitative estimate of drug-likeness (QED) is 0.661. The molecule has 0 aliphatic carbocycles. The van der Waals surface area contributed by atoms with E-state index in [1.54, 1.807) is 30.3 Å². The third-order valence-electron chi connectivity index (χ3n) is 3.53. The summed E-state index contributed by atoms with van der Waals surface area (Å²) in [6.07, 6.45) is 0.772. The van der Waals surface area contributed by atoms with Gasteiger partial charge < -0.3 is 11.1 Å². The summed E-state index contributed by atoms with van der Waals surface area (Å²) in [6.45, 7) is 0.625. The van der Waals surface area contributed by atoms with Crippen molar-refractivity contribution in [1.82, 2.24) is 5.32 Å². The molecule has 0 radical (unpaired) electrons. The van der Waals surface area contributed by atoms with Crippen LogP contribution in [0.2, 0.25) is 5.02 Å². The van der Waals surface area contributed by atoms with E-state index in [1.165, 1.54) is 0 Å². The number of nitrogen functional groups attached to an aromatic ring is 1. The molecule has 0 aromatic heterocycles. The van der Waals surface area contributed by atoms with E-state index in [0.717, 1.165) is 12.0 Å². The number of anilines is 1. The molecule has 0 fully saturated rings. The van der Waals surface area contributed by atoms with E-state index in [2.05, 4.69) is 5.32 Å². The Morgan fingerprint density at radius 1 is 1.19 bits per heavy atom. The molecule has 0 unspecified atom stereocenters. The monoisotopic (exact) mass is 300 g/mol. The van der Waals surface area contributed by atoms with Crippen LogP contribution in [-0.4, -0.2) is 18.2 Å². The van der Waals surface area contributed by atoms with Gasteiger partial charge in [0, 0.05) is 28.9 Å². The molecule has 0 spiro atoms. The number of rotatable bonds is 2. The summed E-state index contributed by atoms with van der Waals surface area (Å²) >= 11 is 6.06. The van der Waals surface area contributed by atoms with Gasteiger partial charge in [-0.25, -0.2) is 0 Å². The zero-order chi connectivity index (χ0) is 15.0. The Labute approximate surface area is 126 Å². The summed E-state index contributed by atoms with van der Waals surface area (Å²) in [5.74, 6) is -0.391. The molecule has 1 aliphatic heterocycles. The van der Waals surface area contributed by atoms with E-state index in [0.29, 0.717) is 33.9 Å². The number of halogens is 1. The number of hydrogen-bond acceptors (Lipinski definition) is 3. The lowest BCUT2D eigenvalue weighted by Crippen LogP contribution is -2.32. The summed E-state index contributed by atoms with van der Waals surface area (Å²) in [5.41, 5.74) is 8.44. The first kappa shape index (κ1) is 13.6. The fourth-order valence-corrected chi connectivity index (χ4v) is 2.63. The molecule has 0 saturated heterocycles. The molecule has 2 aromatic rings. The maximum Gasteiger partial charge on any atom is 0.251 e. The Balaban J connectivity index is 2.04. The molecule has 1 amide bonds. The van der Waals surface area contributed by atoms with Gasteiger partial charge in [-0.1, -0.05) is 23.7 Å². The van der Waals surface area contributed by atoms with Crippen LogP contribution in [0.25, 0.3) is 0 Å². The fourth-order valence-electron chi connectivity index (χ4n) is 2.43. The average molecular weight is 301 g/mol. The normalized spacial score (nSPS) is 13.5. The van der Waals surface area contributed by atoms with Crippen LogP contribution in [-0.2, 0) is 6.42 Å². The molecule has 3 rings (SSSR count). The Morgan fingerprint density at radius 3 is 2.81 bits per heavy atom. The molecule has 0 bridgehead atoms. The lowest BCUT2D eigenvalue weighted by Gasteiger charge is -2.17. The largest absolute Gasteiger partial charge is 0.399 e. The average Bonchev–Trinajstić information content (AvgIpc) is 2.49. The van der Waals surface area contributed by atoms with Gasteiger partial charge in [0.15, 0.2) is 5.78 Å². The molecular weight excluding hydrogens is 288 g/mol. The Morgan fingerprint density at radius 2 is 2.00 bits per heavy atom. The van der Waals surface area contributed by atoms with Gasteiger partial charge in [0.05, 0.1) is 5.02 Å². The molecule has 4 nitrogen and oxygen atoms in total. The van der Waals surface area contributed by atoms with E-state index in [-0.39, 0.29) is 11.7 Å². The first-order valence-electron chi connectivity index (χ1n) is 6.57. The van der Waals surface area contributed by atoms with Gasteiger partial charge in [-0.05, 0) is 36.2 Å². The highest BCUT2D eigenvalue weighted by molar-refractivity contribution is 6.35. The van der Waals surface area contributed by atoms with Gasteiger partial charge in [0.1, 0.15) is 0 Å². The second-order valence-corrected chi connectivity index (χ2v) is 5.35. The number of benzene rings is 2. The molecule has 106 valence electrons. The number of ketones is 1. The summed E-state index contributed by atoms with van der Waals surface area (Å²) in [5, 5.41) is 3.11. The zero-order valence-electron chi connectivity index (χ0n) is 11.2. The maximum absolute atomic E-state index is 12.5. The smallest absolute Gasteiger partial charge is 0.251 e. The number of carbonyl (C=O) groups is 2. The minimum absolute atomic E-state index is 0.149. The van der Waals surface area contributed by atoms with Crippen LogP contribution in [0.15, 0.2) is 36.4 Å². The van der Waals surface area contributed by atoms with E-state index in [9.17, 15) is 9.59 Å². The van der Waals surface area contributed by atoms with Crippen molar-refractivity contribution in [3.05, 3.63) is 63.7 Å². The molecule has 0 saturated carbocycles. The predicted octanol–water partition coefficient (Wildman–Crippen LogP) is 2.44. The highest BCUT2D eigenvalue weighted by Gasteiger charge is 2.20. The molecule has 0 atom stereocenters. The van der Waals surface area contributed by atoms with Crippen LogP contribution in [0.3, 0.4) is 0 Å². The summed E-state index contributed by atoms with van der Waals surface area (Å²) in [4.78, 5) is 24.4. The van der Waals surface area contributed by atoms with Crippen molar-refractivity contribution in [2.24, 2.45) is 0 Å².